The molecule has 2 aliphatic carbocycles. The van der Waals surface area contributed by atoms with Gasteiger partial charge in [-0.15, -0.1) is 0 Å². The Morgan fingerprint density at radius 3 is 2.38 bits per heavy atom. The summed E-state index contributed by atoms with van der Waals surface area (Å²) < 4.78 is 0. The topological polar surface area (TPSA) is 37.8 Å². The summed E-state index contributed by atoms with van der Waals surface area (Å²) >= 11 is 0. The maximum Gasteiger partial charge on any atom is 0.131 e. The van der Waals surface area contributed by atoms with Crippen LogP contribution in [0.3, 0.4) is 0 Å². The summed E-state index contributed by atoms with van der Waals surface area (Å²) in [5.74, 6) is 2.58. The van der Waals surface area contributed by atoms with E-state index in [-0.39, 0.29) is 0 Å². The van der Waals surface area contributed by atoms with Crippen LogP contribution >= 0.6 is 0 Å². The fourth-order valence-corrected chi connectivity index (χ4v) is 3.63. The summed E-state index contributed by atoms with van der Waals surface area (Å²) in [6.45, 7) is 7.56. The highest BCUT2D eigenvalue weighted by Gasteiger charge is 2.25. The molecule has 0 aromatic carbocycles. The molecule has 0 bridgehead atoms. The Labute approximate surface area is 129 Å². The van der Waals surface area contributed by atoms with Gasteiger partial charge in [-0.05, 0) is 45.4 Å². The van der Waals surface area contributed by atoms with Crippen LogP contribution in [0.4, 0.5) is 0 Å². The lowest BCUT2D eigenvalue weighted by molar-refractivity contribution is 0.306. The first kappa shape index (κ1) is 15.0. The number of aryl methyl sites for hydroxylation is 2. The van der Waals surface area contributed by atoms with Crippen molar-refractivity contribution >= 4 is 0 Å². The molecule has 0 aliphatic heterocycles. The van der Waals surface area contributed by atoms with Crippen molar-refractivity contribution in [1.29, 1.82) is 0 Å². The van der Waals surface area contributed by atoms with Crippen molar-refractivity contribution in [3.63, 3.8) is 0 Å². The second-order valence-electron chi connectivity index (χ2n) is 7.02. The van der Waals surface area contributed by atoms with E-state index in [4.69, 9.17) is 9.97 Å². The van der Waals surface area contributed by atoms with E-state index in [0.29, 0.717) is 5.92 Å². The Bertz CT molecular complexity index is 470. The van der Waals surface area contributed by atoms with Crippen molar-refractivity contribution in [3.8, 4) is 0 Å². The van der Waals surface area contributed by atoms with E-state index in [2.05, 4.69) is 26.1 Å². The zero-order valence-corrected chi connectivity index (χ0v) is 13.8. The molecule has 0 amide bonds. The Morgan fingerprint density at radius 1 is 1.05 bits per heavy atom. The third-order valence-electron chi connectivity index (χ3n) is 5.31. The number of nitrogens with one attached hydrogen (secondary N) is 1. The number of nitrogens with zero attached hydrogens (tertiary/aromatic N) is 2. The standard InChI is InChI=1S/C18H29N3/c1-4-14-6-5-7-15(10-14)18-20-12(2)17(13(3)21-18)11-19-16-8-9-16/h14-16,19H,4-11H2,1-3H3. The Kier molecular flexibility index (Phi) is 4.58. The average molecular weight is 287 g/mol. The minimum Gasteiger partial charge on any atom is -0.310 e. The van der Waals surface area contributed by atoms with Crippen molar-refractivity contribution in [2.24, 2.45) is 5.92 Å². The zero-order chi connectivity index (χ0) is 14.8. The highest BCUT2D eigenvalue weighted by molar-refractivity contribution is 5.25. The van der Waals surface area contributed by atoms with E-state index >= 15 is 0 Å². The summed E-state index contributed by atoms with van der Waals surface area (Å²) in [5, 5.41) is 3.59. The van der Waals surface area contributed by atoms with Crippen LogP contribution in [0.25, 0.3) is 0 Å². The molecule has 21 heavy (non-hydrogen) atoms. The fourth-order valence-electron chi connectivity index (χ4n) is 3.63. The van der Waals surface area contributed by atoms with Gasteiger partial charge >= 0.3 is 0 Å². The molecule has 2 atom stereocenters. The quantitative estimate of drug-likeness (QED) is 0.888. The van der Waals surface area contributed by atoms with Gasteiger partial charge in [0.15, 0.2) is 0 Å². The van der Waals surface area contributed by atoms with E-state index in [1.54, 1.807) is 0 Å². The van der Waals surface area contributed by atoms with Gasteiger partial charge in [-0.2, -0.15) is 0 Å². The molecule has 0 radical (unpaired) electrons. The van der Waals surface area contributed by atoms with Gasteiger partial charge in [0.25, 0.3) is 0 Å². The zero-order valence-electron chi connectivity index (χ0n) is 13.8. The SMILES string of the molecule is CCC1CCCC(c2nc(C)c(CNC3CC3)c(C)n2)C1. The number of aromatic nitrogens is 2. The third kappa shape index (κ3) is 3.63. The first-order valence-corrected chi connectivity index (χ1v) is 8.74. The van der Waals surface area contributed by atoms with E-state index < -0.39 is 0 Å². The van der Waals surface area contributed by atoms with Crippen molar-refractivity contribution in [2.45, 2.75) is 84.2 Å². The molecular formula is C18H29N3. The Balaban J connectivity index is 1.73. The van der Waals surface area contributed by atoms with Crippen molar-refractivity contribution in [3.05, 3.63) is 22.8 Å². The van der Waals surface area contributed by atoms with Gasteiger partial charge < -0.3 is 5.32 Å². The van der Waals surface area contributed by atoms with Gasteiger partial charge in [-0.1, -0.05) is 26.2 Å². The molecular weight excluding hydrogens is 258 g/mol. The largest absolute Gasteiger partial charge is 0.310 e. The summed E-state index contributed by atoms with van der Waals surface area (Å²) in [6, 6.07) is 0.743. The molecule has 1 N–H and O–H groups in total. The molecule has 2 aliphatic rings. The summed E-state index contributed by atoms with van der Waals surface area (Å²) in [4.78, 5) is 9.75. The molecule has 1 heterocycles. The van der Waals surface area contributed by atoms with Crippen LogP contribution < -0.4 is 5.32 Å². The van der Waals surface area contributed by atoms with Gasteiger partial charge in [0.05, 0.1) is 0 Å². The third-order valence-corrected chi connectivity index (χ3v) is 5.31. The van der Waals surface area contributed by atoms with Crippen LogP contribution in [0.15, 0.2) is 0 Å². The van der Waals surface area contributed by atoms with Crippen LogP contribution in [0, 0.1) is 19.8 Å². The predicted octanol–water partition coefficient (Wildman–Crippen LogP) is 4.03. The molecule has 2 saturated carbocycles. The number of rotatable bonds is 5. The lowest BCUT2D eigenvalue weighted by atomic mass is 9.80. The molecule has 1 aromatic rings. The lowest BCUT2D eigenvalue weighted by Gasteiger charge is -2.28. The smallest absolute Gasteiger partial charge is 0.131 e. The summed E-state index contributed by atoms with van der Waals surface area (Å²) in [5.41, 5.74) is 3.68. The predicted molar refractivity (Wildman–Crippen MR) is 86.4 cm³/mol. The molecule has 1 aromatic heterocycles. The minimum absolute atomic E-state index is 0.589. The lowest BCUT2D eigenvalue weighted by Crippen LogP contribution is -2.20. The molecule has 2 unspecified atom stereocenters. The van der Waals surface area contributed by atoms with Crippen molar-refractivity contribution < 1.29 is 0 Å². The van der Waals surface area contributed by atoms with Crippen molar-refractivity contribution in [2.75, 3.05) is 0 Å². The van der Waals surface area contributed by atoms with Crippen LogP contribution in [-0.2, 0) is 6.54 Å². The Morgan fingerprint density at radius 2 is 1.76 bits per heavy atom. The first-order valence-electron chi connectivity index (χ1n) is 8.74. The first-order chi connectivity index (χ1) is 10.2. The van der Waals surface area contributed by atoms with E-state index in [1.807, 2.05) is 0 Å². The van der Waals surface area contributed by atoms with Crippen molar-refractivity contribution in [1.82, 2.24) is 15.3 Å². The molecule has 3 nitrogen and oxygen atoms in total. The van der Waals surface area contributed by atoms with Crippen LogP contribution in [0.5, 0.6) is 0 Å². The number of hydrogen-bond donors (Lipinski definition) is 1. The van der Waals surface area contributed by atoms with Gasteiger partial charge in [-0.25, -0.2) is 9.97 Å². The minimum atomic E-state index is 0.589. The highest BCUT2D eigenvalue weighted by Crippen LogP contribution is 2.36. The normalized spacial score (nSPS) is 26.0. The van der Waals surface area contributed by atoms with Gasteiger partial charge in [0, 0.05) is 35.5 Å². The average Bonchev–Trinajstić information content (AvgIpc) is 3.30. The maximum absolute atomic E-state index is 4.87. The Hall–Kier alpha value is -0.960. The maximum atomic E-state index is 4.87. The molecule has 0 spiro atoms. The molecule has 3 heteroatoms. The van der Waals surface area contributed by atoms with Gasteiger partial charge in [0.1, 0.15) is 5.82 Å². The van der Waals surface area contributed by atoms with Crippen LogP contribution in [-0.4, -0.2) is 16.0 Å². The van der Waals surface area contributed by atoms with Crippen LogP contribution in [0.2, 0.25) is 0 Å². The highest BCUT2D eigenvalue weighted by atomic mass is 15.0. The molecule has 3 rings (SSSR count). The van der Waals surface area contributed by atoms with E-state index in [9.17, 15) is 0 Å². The second kappa shape index (κ2) is 6.43. The number of hydrogen-bond acceptors (Lipinski definition) is 3. The van der Waals surface area contributed by atoms with Crippen LogP contribution in [0.1, 0.15) is 80.6 Å². The molecule has 0 saturated heterocycles. The monoisotopic (exact) mass is 287 g/mol. The van der Waals surface area contributed by atoms with E-state index in [1.165, 1.54) is 61.9 Å². The fraction of sp³-hybridized carbons (Fsp3) is 0.778. The molecule has 116 valence electrons. The van der Waals surface area contributed by atoms with Gasteiger partial charge in [0.2, 0.25) is 0 Å². The second-order valence-corrected chi connectivity index (χ2v) is 7.02. The summed E-state index contributed by atoms with van der Waals surface area (Å²) in [7, 11) is 0. The van der Waals surface area contributed by atoms with Gasteiger partial charge in [-0.3, -0.25) is 0 Å². The summed E-state index contributed by atoms with van der Waals surface area (Å²) in [6.07, 6.45) is 9.26. The molecule has 2 fully saturated rings. The van der Waals surface area contributed by atoms with E-state index in [0.717, 1.165) is 24.3 Å².